The summed E-state index contributed by atoms with van der Waals surface area (Å²) >= 11 is 5.88. The molecule has 5 heteroatoms. The molecule has 1 aromatic carbocycles. The standard InChI is InChI=1S/C11H12ClNO3/c1-6(14)10(12)7-3-8(11(15)16-2)5-9(13)4-7/h3-5,10H,13H2,1-2H3. The molecular weight excluding hydrogens is 230 g/mol. The predicted octanol–water partition coefficient (Wildman–Crippen LogP) is 1.92. The van der Waals surface area contributed by atoms with Gasteiger partial charge in [0.1, 0.15) is 5.38 Å². The first-order chi connectivity index (χ1) is 7.45. The minimum absolute atomic E-state index is 0.205. The van der Waals surface area contributed by atoms with Crippen molar-refractivity contribution in [3.8, 4) is 0 Å². The van der Waals surface area contributed by atoms with Gasteiger partial charge in [0, 0.05) is 5.69 Å². The topological polar surface area (TPSA) is 69.4 Å². The highest BCUT2D eigenvalue weighted by molar-refractivity contribution is 6.30. The predicted molar refractivity (Wildman–Crippen MR) is 61.5 cm³/mol. The molecule has 0 fully saturated rings. The van der Waals surface area contributed by atoms with Crippen LogP contribution in [0, 0.1) is 0 Å². The van der Waals surface area contributed by atoms with E-state index in [1.54, 1.807) is 6.07 Å². The molecule has 0 aliphatic heterocycles. The summed E-state index contributed by atoms with van der Waals surface area (Å²) in [6, 6.07) is 4.53. The number of Topliss-reactive ketones (excluding diaryl/α,β-unsaturated/α-hetero) is 1. The third-order valence-corrected chi connectivity index (χ3v) is 2.61. The Hall–Kier alpha value is -1.55. The van der Waals surface area contributed by atoms with Crippen LogP contribution in [0.25, 0.3) is 0 Å². The molecule has 0 aliphatic carbocycles. The number of hydrogen-bond acceptors (Lipinski definition) is 4. The molecule has 86 valence electrons. The Morgan fingerprint density at radius 2 is 2.00 bits per heavy atom. The number of hydrogen-bond donors (Lipinski definition) is 1. The van der Waals surface area contributed by atoms with E-state index in [1.165, 1.54) is 26.2 Å². The second-order valence-electron chi connectivity index (χ2n) is 3.35. The largest absolute Gasteiger partial charge is 0.465 e. The molecule has 2 N–H and O–H groups in total. The monoisotopic (exact) mass is 241 g/mol. The lowest BCUT2D eigenvalue weighted by Crippen LogP contribution is -2.07. The van der Waals surface area contributed by atoms with Crippen LogP contribution in [0.3, 0.4) is 0 Å². The number of alkyl halides is 1. The minimum atomic E-state index is -0.799. The molecule has 1 aromatic rings. The van der Waals surface area contributed by atoms with Gasteiger partial charge in [0.25, 0.3) is 0 Å². The fraction of sp³-hybridized carbons (Fsp3) is 0.273. The van der Waals surface area contributed by atoms with Gasteiger partial charge in [0.15, 0.2) is 5.78 Å². The van der Waals surface area contributed by atoms with Crippen molar-refractivity contribution < 1.29 is 14.3 Å². The van der Waals surface area contributed by atoms with E-state index in [-0.39, 0.29) is 11.3 Å². The number of nitrogen functional groups attached to an aromatic ring is 1. The quantitative estimate of drug-likeness (QED) is 0.499. The SMILES string of the molecule is COC(=O)c1cc(N)cc(C(Cl)C(C)=O)c1. The van der Waals surface area contributed by atoms with Crippen molar-refractivity contribution >= 4 is 29.0 Å². The first-order valence-corrected chi connectivity index (χ1v) is 5.02. The van der Waals surface area contributed by atoms with Gasteiger partial charge in [-0.2, -0.15) is 0 Å². The number of carbonyl (C=O) groups excluding carboxylic acids is 2. The van der Waals surface area contributed by atoms with Crippen molar-refractivity contribution in [2.24, 2.45) is 0 Å². The molecule has 1 unspecified atom stereocenters. The van der Waals surface area contributed by atoms with Crippen molar-refractivity contribution in [3.63, 3.8) is 0 Å². The molecule has 1 atom stereocenters. The Bertz CT molecular complexity index is 431. The number of nitrogens with two attached hydrogens (primary N) is 1. The zero-order valence-corrected chi connectivity index (χ0v) is 9.75. The summed E-state index contributed by atoms with van der Waals surface area (Å²) in [6.07, 6.45) is 0. The van der Waals surface area contributed by atoms with Crippen LogP contribution in [0.1, 0.15) is 28.2 Å². The van der Waals surface area contributed by atoms with E-state index >= 15 is 0 Å². The van der Waals surface area contributed by atoms with E-state index in [0.717, 1.165) is 0 Å². The summed E-state index contributed by atoms with van der Waals surface area (Å²) in [7, 11) is 1.27. The smallest absolute Gasteiger partial charge is 0.337 e. The van der Waals surface area contributed by atoms with E-state index in [9.17, 15) is 9.59 Å². The van der Waals surface area contributed by atoms with Gasteiger partial charge in [-0.3, -0.25) is 4.79 Å². The number of ether oxygens (including phenoxy) is 1. The van der Waals surface area contributed by atoms with E-state index in [2.05, 4.69) is 4.74 Å². The van der Waals surface area contributed by atoms with Crippen LogP contribution in [-0.2, 0) is 9.53 Å². The van der Waals surface area contributed by atoms with E-state index < -0.39 is 11.3 Å². The van der Waals surface area contributed by atoms with Crippen molar-refractivity contribution in [1.82, 2.24) is 0 Å². The number of benzene rings is 1. The number of rotatable bonds is 3. The first-order valence-electron chi connectivity index (χ1n) is 4.59. The van der Waals surface area contributed by atoms with Crippen molar-refractivity contribution in [1.29, 1.82) is 0 Å². The lowest BCUT2D eigenvalue weighted by Gasteiger charge is -2.09. The normalized spacial score (nSPS) is 11.9. The van der Waals surface area contributed by atoms with E-state index in [0.29, 0.717) is 11.3 Å². The van der Waals surface area contributed by atoms with Crippen LogP contribution in [0.5, 0.6) is 0 Å². The molecule has 0 aromatic heterocycles. The minimum Gasteiger partial charge on any atom is -0.465 e. The van der Waals surface area contributed by atoms with Crippen LogP contribution in [-0.4, -0.2) is 18.9 Å². The molecule has 4 nitrogen and oxygen atoms in total. The highest BCUT2D eigenvalue weighted by Crippen LogP contribution is 2.25. The van der Waals surface area contributed by atoms with Crippen LogP contribution >= 0.6 is 11.6 Å². The maximum Gasteiger partial charge on any atom is 0.337 e. The second kappa shape index (κ2) is 4.99. The second-order valence-corrected chi connectivity index (χ2v) is 3.79. The Morgan fingerprint density at radius 1 is 1.38 bits per heavy atom. The van der Waals surface area contributed by atoms with Gasteiger partial charge >= 0.3 is 5.97 Å². The third-order valence-electron chi connectivity index (χ3n) is 2.05. The molecule has 0 bridgehead atoms. The fourth-order valence-electron chi connectivity index (χ4n) is 1.29. The van der Waals surface area contributed by atoms with Crippen LogP contribution in [0.2, 0.25) is 0 Å². The molecule has 0 heterocycles. The van der Waals surface area contributed by atoms with Gasteiger partial charge in [0.05, 0.1) is 12.7 Å². The van der Waals surface area contributed by atoms with Gasteiger partial charge in [0.2, 0.25) is 0 Å². The number of ketones is 1. The lowest BCUT2D eigenvalue weighted by molar-refractivity contribution is -0.116. The number of esters is 1. The number of anilines is 1. The van der Waals surface area contributed by atoms with Crippen molar-refractivity contribution in [3.05, 3.63) is 29.3 Å². The zero-order valence-electron chi connectivity index (χ0n) is 8.99. The van der Waals surface area contributed by atoms with Crippen LogP contribution in [0.15, 0.2) is 18.2 Å². The summed E-state index contributed by atoms with van der Waals surface area (Å²) in [5.74, 6) is -0.718. The van der Waals surface area contributed by atoms with Gasteiger partial charge in [-0.25, -0.2) is 4.79 Å². The highest BCUT2D eigenvalue weighted by Gasteiger charge is 2.16. The Balaban J connectivity index is 3.17. The molecule has 0 saturated heterocycles. The Morgan fingerprint density at radius 3 is 2.50 bits per heavy atom. The van der Waals surface area contributed by atoms with Crippen molar-refractivity contribution in [2.45, 2.75) is 12.3 Å². The summed E-state index contributed by atoms with van der Waals surface area (Å²) in [5, 5.41) is -0.799. The zero-order chi connectivity index (χ0) is 12.3. The number of halogens is 1. The number of methoxy groups -OCH3 is 1. The summed E-state index contributed by atoms with van der Waals surface area (Å²) < 4.78 is 4.56. The van der Waals surface area contributed by atoms with Gasteiger partial charge in [-0.1, -0.05) is 0 Å². The average Bonchev–Trinajstić information content (AvgIpc) is 2.25. The van der Waals surface area contributed by atoms with Crippen molar-refractivity contribution in [2.75, 3.05) is 12.8 Å². The van der Waals surface area contributed by atoms with Crippen LogP contribution < -0.4 is 5.73 Å². The Kier molecular flexibility index (Phi) is 3.90. The molecule has 0 radical (unpaired) electrons. The van der Waals surface area contributed by atoms with E-state index in [1.807, 2.05) is 0 Å². The maximum absolute atomic E-state index is 11.3. The van der Waals surface area contributed by atoms with Crippen LogP contribution in [0.4, 0.5) is 5.69 Å². The van der Waals surface area contributed by atoms with Gasteiger partial charge in [-0.15, -0.1) is 11.6 Å². The molecular formula is C11H12ClNO3. The molecule has 0 amide bonds. The Labute approximate surface area is 98.3 Å². The molecule has 1 rings (SSSR count). The third kappa shape index (κ3) is 2.73. The molecule has 0 saturated carbocycles. The summed E-state index contributed by atoms with van der Waals surface area (Å²) in [6.45, 7) is 1.37. The van der Waals surface area contributed by atoms with Gasteiger partial charge < -0.3 is 10.5 Å². The maximum atomic E-state index is 11.3. The molecule has 0 spiro atoms. The van der Waals surface area contributed by atoms with E-state index in [4.69, 9.17) is 17.3 Å². The molecule has 16 heavy (non-hydrogen) atoms. The van der Waals surface area contributed by atoms with Gasteiger partial charge in [-0.05, 0) is 30.7 Å². The number of carbonyl (C=O) groups is 2. The summed E-state index contributed by atoms with van der Waals surface area (Å²) in [5.41, 5.74) is 6.75. The summed E-state index contributed by atoms with van der Waals surface area (Å²) in [4.78, 5) is 22.4. The lowest BCUT2D eigenvalue weighted by atomic mass is 10.0. The average molecular weight is 242 g/mol. The fourth-order valence-corrected chi connectivity index (χ4v) is 1.42. The highest BCUT2D eigenvalue weighted by atomic mass is 35.5. The first kappa shape index (κ1) is 12.5. The molecule has 0 aliphatic rings.